The average molecular weight is 671 g/mol. The molecule has 16 atom stereocenters. The van der Waals surface area contributed by atoms with E-state index in [-0.39, 0.29) is 0 Å². The van der Waals surface area contributed by atoms with Crippen molar-refractivity contribution in [2.75, 3.05) is 0 Å². The Morgan fingerprint density at radius 2 is 0.628 bits per heavy atom. The van der Waals surface area contributed by atoms with E-state index in [9.17, 15) is 0 Å². The molecule has 0 amide bonds. The molecule has 0 aromatic heterocycles. The Bertz CT molecular complexity index is 743. The van der Waals surface area contributed by atoms with Crippen LogP contribution in [0.25, 0.3) is 0 Å². The Kier molecular flexibility index (Phi) is 10.1. The molecule has 16 unspecified atom stereocenters. The molecular weight excluding hydrogens is 615 g/mol. The molecule has 43 heavy (non-hydrogen) atoms. The van der Waals surface area contributed by atoms with Gasteiger partial charge in [0.1, 0.15) is 0 Å². The van der Waals surface area contributed by atoms with Gasteiger partial charge in [-0.05, 0) is 80.0 Å². The summed E-state index contributed by atoms with van der Waals surface area (Å²) in [6.07, 6.45) is 26.4. The minimum atomic E-state index is -0.556. The van der Waals surface area contributed by atoms with Crippen LogP contribution in [-0.2, 0) is 17.0 Å². The van der Waals surface area contributed by atoms with E-state index in [4.69, 9.17) is 18.6 Å². The van der Waals surface area contributed by atoms with E-state index in [0.29, 0.717) is 61.2 Å². The number of hydrogen-bond donors (Lipinski definition) is 8. The van der Waals surface area contributed by atoms with Crippen molar-refractivity contribution in [2.24, 2.45) is 47.3 Å². The van der Waals surface area contributed by atoms with Crippen molar-refractivity contribution in [1.29, 1.82) is 0 Å². The van der Waals surface area contributed by atoms with Crippen LogP contribution in [0.2, 0.25) is 0 Å². The molecule has 5 aliphatic heterocycles. The first-order valence-electron chi connectivity index (χ1n) is 18.1. The van der Waals surface area contributed by atoms with Gasteiger partial charge in [-0.15, -0.1) is 5.92 Å². The molecule has 4 aliphatic carbocycles. The first-order chi connectivity index (χ1) is 21.2. The van der Waals surface area contributed by atoms with Crippen molar-refractivity contribution in [3.63, 3.8) is 0 Å². The van der Waals surface area contributed by atoms with E-state index in [1.54, 1.807) is 0 Å². The van der Waals surface area contributed by atoms with Gasteiger partial charge < -0.3 is 6.42 Å². The standard InChI is InChI=1S/C32H55N8.2ClH.Ti/c1-2-10-18-17(9-1)25-33-26(18)38-28-21-13-5-6-14-22(21)30(35-28)40-32-24-16-8-7-15-23(24)31(36-32)39-29-20-12-4-3-11-19(20)27(34-29)37-25;;;/h9,17-40H,1-8,10-16H2;2*1H;/q-1;;;+2/p-2. The molecule has 4 saturated carbocycles. The van der Waals surface area contributed by atoms with Crippen molar-refractivity contribution in [1.82, 2.24) is 42.5 Å². The van der Waals surface area contributed by atoms with Crippen molar-refractivity contribution in [2.45, 2.75) is 146 Å². The van der Waals surface area contributed by atoms with Crippen molar-refractivity contribution in [3.05, 3.63) is 6.42 Å². The van der Waals surface area contributed by atoms with Gasteiger partial charge in [0, 0.05) is 6.17 Å². The van der Waals surface area contributed by atoms with Crippen LogP contribution in [0, 0.1) is 53.8 Å². The summed E-state index contributed by atoms with van der Waals surface area (Å²) in [5, 5.41) is 33.7. The Labute approximate surface area is 276 Å². The number of fused-ring (bicyclic) bond motifs is 20. The van der Waals surface area contributed by atoms with E-state index in [2.05, 4.69) is 49.0 Å². The Hall–Kier alpha value is 0.974. The van der Waals surface area contributed by atoms with Gasteiger partial charge >= 0.3 is 35.6 Å². The predicted molar refractivity (Wildman–Crippen MR) is 169 cm³/mol. The van der Waals surface area contributed by atoms with Crippen LogP contribution < -0.4 is 42.5 Å². The van der Waals surface area contributed by atoms with E-state index in [1.807, 2.05) is 0 Å². The molecule has 8 bridgehead atoms. The average Bonchev–Trinajstić information content (AvgIpc) is 3.77. The molecule has 9 aliphatic rings. The zero-order valence-corrected chi connectivity index (χ0v) is 28.8. The number of halogens is 2. The minimum absolute atomic E-state index is 0.365. The van der Waals surface area contributed by atoms with E-state index < -0.39 is 17.0 Å². The fraction of sp³-hybridized carbons (Fsp3) is 0.969. The first kappa shape index (κ1) is 31.3. The first-order valence-corrected chi connectivity index (χ1v) is 22.4. The number of hydrogen-bond acceptors (Lipinski definition) is 8. The van der Waals surface area contributed by atoms with Crippen LogP contribution in [0.15, 0.2) is 0 Å². The molecule has 0 aromatic carbocycles. The zero-order chi connectivity index (χ0) is 28.9. The molecule has 5 heterocycles. The molecule has 242 valence electrons. The maximum atomic E-state index is 4.89. The molecule has 0 spiro atoms. The number of rotatable bonds is 0. The second kappa shape index (κ2) is 13.8. The Morgan fingerprint density at radius 3 is 0.953 bits per heavy atom. The molecule has 9 fully saturated rings. The molecule has 8 N–H and O–H groups in total. The summed E-state index contributed by atoms with van der Waals surface area (Å²) >= 11 is -0.556. The summed E-state index contributed by atoms with van der Waals surface area (Å²) in [6, 6.07) is 0. The molecule has 0 radical (unpaired) electrons. The maximum absolute atomic E-state index is 4.89. The summed E-state index contributed by atoms with van der Waals surface area (Å²) in [6.45, 7) is 0. The molecule has 5 saturated heterocycles. The Morgan fingerprint density at radius 1 is 0.372 bits per heavy atom. The fourth-order valence-electron chi connectivity index (χ4n) is 11.7. The topological polar surface area (TPSA) is 96.2 Å². The van der Waals surface area contributed by atoms with Gasteiger partial charge in [0.05, 0.1) is 43.2 Å². The number of nitrogens with one attached hydrogen (secondary N) is 8. The summed E-state index contributed by atoms with van der Waals surface area (Å²) in [4.78, 5) is 0. The summed E-state index contributed by atoms with van der Waals surface area (Å²) < 4.78 is 0. The molecule has 11 heteroatoms. The van der Waals surface area contributed by atoms with Gasteiger partial charge in [-0.2, -0.15) is 6.42 Å². The second-order valence-corrected chi connectivity index (χ2v) is 18.0. The van der Waals surface area contributed by atoms with Crippen LogP contribution in [0.4, 0.5) is 0 Å². The third-order valence-corrected chi connectivity index (χ3v) is 13.6. The fourth-order valence-corrected chi connectivity index (χ4v) is 11.7. The normalized spacial score (nSPS) is 53.9. The summed E-state index contributed by atoms with van der Waals surface area (Å²) in [7, 11) is 9.78. The van der Waals surface area contributed by atoms with Crippen LogP contribution in [0.1, 0.15) is 96.3 Å². The molecule has 0 aromatic rings. The quantitative estimate of drug-likeness (QED) is 0.146. The van der Waals surface area contributed by atoms with Gasteiger partial charge in [0.15, 0.2) is 0 Å². The van der Waals surface area contributed by atoms with Crippen LogP contribution in [0.5, 0.6) is 0 Å². The van der Waals surface area contributed by atoms with E-state index in [1.165, 1.54) is 96.3 Å². The van der Waals surface area contributed by atoms with Crippen molar-refractivity contribution >= 4 is 18.6 Å². The monoisotopic (exact) mass is 669 g/mol. The van der Waals surface area contributed by atoms with Gasteiger partial charge in [-0.3, -0.25) is 42.5 Å². The Balaban J connectivity index is 0.000000892. The third-order valence-electron chi connectivity index (χ3n) is 13.6. The molecule has 8 nitrogen and oxygen atoms in total. The predicted octanol–water partition coefficient (Wildman–Crippen LogP) is 3.80. The second-order valence-electron chi connectivity index (χ2n) is 15.5. The van der Waals surface area contributed by atoms with Gasteiger partial charge in [-0.1, -0.05) is 51.4 Å². The van der Waals surface area contributed by atoms with Gasteiger partial charge in [0.25, 0.3) is 0 Å². The SMILES string of the molecule is [CH-]1CCCC2C3NC(NC4NC(NC5NC(NC6NC(N3)C3CCCCC63)C3CCCCC53)C3CCCCC43)C12.[Cl][Ti][Cl]. The molecular formula is C32H55Cl2N8Ti-. The third kappa shape index (κ3) is 6.08. The van der Waals surface area contributed by atoms with E-state index in [0.717, 1.165) is 35.5 Å². The summed E-state index contributed by atoms with van der Waals surface area (Å²) in [5.74, 6) is 5.74. The van der Waals surface area contributed by atoms with Crippen LogP contribution in [0.3, 0.4) is 0 Å². The van der Waals surface area contributed by atoms with Crippen LogP contribution >= 0.6 is 18.6 Å². The van der Waals surface area contributed by atoms with Gasteiger partial charge in [-0.25, -0.2) is 0 Å². The van der Waals surface area contributed by atoms with Crippen molar-refractivity contribution in [3.8, 4) is 0 Å². The molecule has 9 rings (SSSR count). The van der Waals surface area contributed by atoms with E-state index >= 15 is 0 Å². The van der Waals surface area contributed by atoms with Crippen molar-refractivity contribution < 1.29 is 17.0 Å². The van der Waals surface area contributed by atoms with Gasteiger partial charge in [0.2, 0.25) is 0 Å². The zero-order valence-electron chi connectivity index (χ0n) is 25.7. The summed E-state index contributed by atoms with van der Waals surface area (Å²) in [5.41, 5.74) is 0. The van der Waals surface area contributed by atoms with Crippen LogP contribution in [-0.4, -0.2) is 49.3 Å².